The first-order valence-corrected chi connectivity index (χ1v) is 7.80. The van der Waals surface area contributed by atoms with Crippen LogP contribution in [-0.4, -0.2) is 64.9 Å². The number of rotatable bonds is 10. The maximum atomic E-state index is 12.5. The van der Waals surface area contributed by atoms with Crippen molar-refractivity contribution in [1.29, 1.82) is 0 Å². The lowest BCUT2D eigenvalue weighted by molar-refractivity contribution is -0.140. The van der Waals surface area contributed by atoms with Crippen LogP contribution in [0.1, 0.15) is 40.0 Å². The molecule has 0 spiro atoms. The molecule has 0 aliphatic heterocycles. The molecule has 3 atom stereocenters. The normalized spacial score (nSPS) is 13.9. The van der Waals surface area contributed by atoms with Crippen LogP contribution in [0.4, 0.5) is 4.79 Å². The van der Waals surface area contributed by atoms with Crippen LogP contribution in [0.2, 0.25) is 0 Å². The summed E-state index contributed by atoms with van der Waals surface area (Å²) in [4.78, 5) is 58.5. The fourth-order valence-electron chi connectivity index (χ4n) is 1.71. The molecule has 0 bridgehead atoms. The molecule has 0 aromatic heterocycles. The molecule has 1 radical (unpaired) electrons. The molecular weight excluding hydrogens is 334 g/mol. The standard InChI is InChI=1S/C15H24N3O7/c1-4-5-6-25-15(24)18(11(8-19)7-12(20)21)14(23)10(3)17-13(22)9(2)16/h9-11H,4-7,16H2,1-3H3,(H,17,22)(H,20,21)/t9-,10-,11-/m0/s1. The number of carboxylic acids is 1. The van der Waals surface area contributed by atoms with Gasteiger partial charge in [-0.15, -0.1) is 0 Å². The number of hydrogen-bond donors (Lipinski definition) is 3. The number of hydrogen-bond acceptors (Lipinski definition) is 7. The van der Waals surface area contributed by atoms with Crippen LogP contribution in [0.15, 0.2) is 0 Å². The van der Waals surface area contributed by atoms with E-state index >= 15 is 0 Å². The number of nitrogens with zero attached hydrogens (tertiary/aromatic N) is 1. The Balaban J connectivity index is 5.35. The van der Waals surface area contributed by atoms with E-state index in [-0.39, 0.29) is 6.61 Å². The van der Waals surface area contributed by atoms with Gasteiger partial charge in [0, 0.05) is 0 Å². The SMILES string of the molecule is CCCCOC(=O)N(C(=O)[C@H](C)NC(=O)[C@H](C)N)[C@H]([C]=O)CC(=O)O. The van der Waals surface area contributed by atoms with Crippen LogP contribution in [0.3, 0.4) is 0 Å². The second kappa shape index (κ2) is 11.1. The molecule has 0 aliphatic rings. The van der Waals surface area contributed by atoms with Gasteiger partial charge in [0.05, 0.1) is 19.1 Å². The highest BCUT2D eigenvalue weighted by Crippen LogP contribution is 2.09. The van der Waals surface area contributed by atoms with E-state index in [1.54, 1.807) is 0 Å². The van der Waals surface area contributed by atoms with Crippen molar-refractivity contribution in [2.75, 3.05) is 6.61 Å². The van der Waals surface area contributed by atoms with Crippen molar-refractivity contribution in [3.8, 4) is 0 Å². The molecule has 25 heavy (non-hydrogen) atoms. The average Bonchev–Trinajstić information content (AvgIpc) is 2.53. The molecule has 0 aromatic carbocycles. The van der Waals surface area contributed by atoms with E-state index < -0.39 is 48.4 Å². The minimum absolute atomic E-state index is 0.00165. The summed E-state index contributed by atoms with van der Waals surface area (Å²) in [6.07, 6.45) is 0.604. The van der Waals surface area contributed by atoms with Crippen molar-refractivity contribution in [2.24, 2.45) is 5.73 Å². The third-order valence-electron chi connectivity index (χ3n) is 3.12. The van der Waals surface area contributed by atoms with Gasteiger partial charge < -0.3 is 20.9 Å². The van der Waals surface area contributed by atoms with E-state index in [0.717, 1.165) is 6.42 Å². The van der Waals surface area contributed by atoms with E-state index in [2.05, 4.69) is 5.32 Å². The summed E-state index contributed by atoms with van der Waals surface area (Å²) in [6.45, 7) is 4.53. The fourth-order valence-corrected chi connectivity index (χ4v) is 1.71. The predicted octanol–water partition coefficient (Wildman–Crippen LogP) is -0.443. The van der Waals surface area contributed by atoms with Gasteiger partial charge in [-0.1, -0.05) is 13.3 Å². The first kappa shape index (κ1) is 22.5. The predicted molar refractivity (Wildman–Crippen MR) is 86.1 cm³/mol. The lowest BCUT2D eigenvalue weighted by Gasteiger charge is -2.27. The summed E-state index contributed by atoms with van der Waals surface area (Å²) in [5.74, 6) is -3.05. The second-order valence-corrected chi connectivity index (χ2v) is 5.43. The lowest BCUT2D eigenvalue weighted by atomic mass is 10.1. The smallest absolute Gasteiger partial charge is 0.417 e. The maximum absolute atomic E-state index is 12.5. The molecule has 0 aromatic rings. The molecule has 10 heteroatoms. The fraction of sp³-hybridized carbons (Fsp3) is 0.667. The molecule has 141 valence electrons. The lowest BCUT2D eigenvalue weighted by Crippen LogP contribution is -2.55. The van der Waals surface area contributed by atoms with Crippen molar-refractivity contribution < 1.29 is 33.8 Å². The van der Waals surface area contributed by atoms with Gasteiger partial charge in [0.2, 0.25) is 12.2 Å². The van der Waals surface area contributed by atoms with Gasteiger partial charge in [-0.25, -0.2) is 9.69 Å². The Morgan fingerprint density at radius 2 is 1.88 bits per heavy atom. The Bertz CT molecular complexity index is 507. The van der Waals surface area contributed by atoms with Gasteiger partial charge in [-0.05, 0) is 20.3 Å². The first-order valence-electron chi connectivity index (χ1n) is 7.80. The molecule has 10 nitrogen and oxygen atoms in total. The Morgan fingerprint density at radius 3 is 2.32 bits per heavy atom. The van der Waals surface area contributed by atoms with Crippen LogP contribution < -0.4 is 11.1 Å². The number of aliphatic carboxylic acids is 1. The number of carboxylic acid groups (broad SMARTS) is 1. The van der Waals surface area contributed by atoms with Gasteiger partial charge in [0.25, 0.3) is 5.91 Å². The van der Waals surface area contributed by atoms with Crippen molar-refractivity contribution in [2.45, 2.75) is 58.2 Å². The van der Waals surface area contributed by atoms with E-state index in [1.165, 1.54) is 20.1 Å². The van der Waals surface area contributed by atoms with Gasteiger partial charge in [-0.3, -0.25) is 19.2 Å². The van der Waals surface area contributed by atoms with Crippen molar-refractivity contribution in [3.63, 3.8) is 0 Å². The van der Waals surface area contributed by atoms with Crippen molar-refractivity contribution in [1.82, 2.24) is 10.2 Å². The molecule has 0 aliphatic carbocycles. The molecule has 0 unspecified atom stereocenters. The summed E-state index contributed by atoms with van der Waals surface area (Å²) < 4.78 is 4.89. The Morgan fingerprint density at radius 1 is 1.28 bits per heavy atom. The topological polar surface area (TPSA) is 156 Å². The van der Waals surface area contributed by atoms with E-state index in [0.29, 0.717) is 11.3 Å². The summed E-state index contributed by atoms with van der Waals surface area (Å²) >= 11 is 0. The quantitative estimate of drug-likeness (QED) is 0.444. The zero-order valence-electron chi connectivity index (χ0n) is 14.5. The molecule has 0 saturated heterocycles. The molecule has 0 rings (SSSR count). The minimum atomic E-state index is -1.67. The van der Waals surface area contributed by atoms with Gasteiger partial charge in [0.15, 0.2) is 0 Å². The Hall–Kier alpha value is -2.49. The van der Waals surface area contributed by atoms with Crippen molar-refractivity contribution >= 4 is 30.2 Å². The van der Waals surface area contributed by atoms with Crippen LogP contribution in [0, 0.1) is 0 Å². The molecule has 4 N–H and O–H groups in total. The summed E-state index contributed by atoms with van der Waals surface area (Å²) in [7, 11) is 0. The monoisotopic (exact) mass is 358 g/mol. The molecular formula is C15H24N3O7. The largest absolute Gasteiger partial charge is 0.481 e. The third kappa shape index (κ3) is 7.75. The van der Waals surface area contributed by atoms with Crippen molar-refractivity contribution in [3.05, 3.63) is 0 Å². The number of nitrogens with two attached hydrogens (primary N) is 1. The van der Waals surface area contributed by atoms with Crippen LogP contribution in [0.5, 0.6) is 0 Å². The number of unbranched alkanes of at least 4 members (excludes halogenated alkanes) is 1. The highest BCUT2D eigenvalue weighted by molar-refractivity contribution is 6.00. The van der Waals surface area contributed by atoms with E-state index in [4.69, 9.17) is 15.6 Å². The van der Waals surface area contributed by atoms with Crippen LogP contribution in [0.25, 0.3) is 0 Å². The second-order valence-electron chi connectivity index (χ2n) is 5.43. The summed E-state index contributed by atoms with van der Waals surface area (Å²) in [5, 5.41) is 11.1. The first-order chi connectivity index (χ1) is 11.6. The highest BCUT2D eigenvalue weighted by Gasteiger charge is 2.36. The van der Waals surface area contributed by atoms with Gasteiger partial charge >= 0.3 is 12.1 Å². The summed E-state index contributed by atoms with van der Waals surface area (Å²) in [6, 6.07) is -3.79. The summed E-state index contributed by atoms with van der Waals surface area (Å²) in [5.41, 5.74) is 5.38. The number of imide groups is 1. The maximum Gasteiger partial charge on any atom is 0.417 e. The van der Waals surface area contributed by atoms with E-state index in [1.807, 2.05) is 6.92 Å². The molecule has 0 heterocycles. The number of ether oxygens (including phenoxy) is 1. The zero-order chi connectivity index (χ0) is 19.6. The molecule has 0 saturated carbocycles. The van der Waals surface area contributed by atoms with Crippen LogP contribution in [-0.2, 0) is 23.9 Å². The van der Waals surface area contributed by atoms with Gasteiger partial charge in [-0.2, -0.15) is 0 Å². The number of amides is 3. The van der Waals surface area contributed by atoms with Crippen LogP contribution >= 0.6 is 0 Å². The Kier molecular flexibility index (Phi) is 10.0. The van der Waals surface area contributed by atoms with Gasteiger partial charge in [0.1, 0.15) is 12.1 Å². The Labute approximate surface area is 145 Å². The number of carbonyl (C=O) groups excluding carboxylic acids is 4. The highest BCUT2D eigenvalue weighted by atomic mass is 16.6. The number of carbonyl (C=O) groups is 4. The average molecular weight is 358 g/mol. The zero-order valence-corrected chi connectivity index (χ0v) is 14.5. The third-order valence-corrected chi connectivity index (χ3v) is 3.12. The minimum Gasteiger partial charge on any atom is -0.481 e. The van der Waals surface area contributed by atoms with E-state index in [9.17, 15) is 24.0 Å². The number of nitrogens with one attached hydrogen (secondary N) is 1. The molecule has 3 amide bonds. The molecule has 0 fully saturated rings.